The van der Waals surface area contributed by atoms with Gasteiger partial charge < -0.3 is 10.0 Å². The minimum absolute atomic E-state index is 0.133. The average Bonchev–Trinajstić information content (AvgIpc) is 2.35. The zero-order chi connectivity index (χ0) is 14.0. The van der Waals surface area contributed by atoms with Crippen LogP contribution < -0.4 is 0 Å². The lowest BCUT2D eigenvalue weighted by Gasteiger charge is -2.43. The molecule has 1 fully saturated rings. The van der Waals surface area contributed by atoms with Crippen LogP contribution in [0.3, 0.4) is 0 Å². The molecule has 0 unspecified atom stereocenters. The fraction of sp³-hybridized carbons (Fsp3) is 0.600. The first kappa shape index (κ1) is 14.8. The monoisotopic (exact) mass is 285 g/mol. The van der Waals surface area contributed by atoms with E-state index in [9.17, 15) is 9.50 Å². The lowest BCUT2D eigenvalue weighted by Crippen LogP contribution is -2.49. The molecule has 4 heteroatoms. The van der Waals surface area contributed by atoms with E-state index in [-0.39, 0.29) is 10.4 Å². The van der Waals surface area contributed by atoms with E-state index < -0.39 is 11.9 Å². The fourth-order valence-corrected chi connectivity index (χ4v) is 3.32. The highest BCUT2D eigenvalue weighted by Gasteiger charge is 2.42. The number of rotatable bonds is 3. The number of hydrogen-bond donors (Lipinski definition) is 1. The molecule has 0 spiro atoms. The second-order valence-corrected chi connectivity index (χ2v) is 6.19. The molecule has 1 saturated carbocycles. The van der Waals surface area contributed by atoms with Gasteiger partial charge in [-0.1, -0.05) is 30.5 Å². The van der Waals surface area contributed by atoms with Crippen molar-refractivity contribution in [2.45, 2.75) is 37.2 Å². The first-order valence-electron chi connectivity index (χ1n) is 6.74. The summed E-state index contributed by atoms with van der Waals surface area (Å²) in [5.74, 6) is -0.407. The molecular weight excluding hydrogens is 265 g/mol. The molecular formula is C15H21ClFNO. The van der Waals surface area contributed by atoms with E-state index in [1.165, 1.54) is 6.07 Å². The molecule has 1 aliphatic carbocycles. The molecule has 19 heavy (non-hydrogen) atoms. The number of benzene rings is 1. The number of hydrogen-bond acceptors (Lipinski definition) is 2. The van der Waals surface area contributed by atoms with E-state index in [1.54, 1.807) is 6.07 Å². The third-order valence-electron chi connectivity index (χ3n) is 4.08. The van der Waals surface area contributed by atoms with E-state index in [0.717, 1.165) is 37.8 Å². The number of nitrogens with zero attached hydrogens (tertiary/aromatic N) is 1. The van der Waals surface area contributed by atoms with Crippen LogP contribution in [0, 0.1) is 5.82 Å². The summed E-state index contributed by atoms with van der Waals surface area (Å²) in [7, 11) is 3.96. The predicted octanol–water partition coefficient (Wildman–Crippen LogP) is 3.21. The topological polar surface area (TPSA) is 23.5 Å². The van der Waals surface area contributed by atoms with E-state index in [0.29, 0.717) is 0 Å². The van der Waals surface area contributed by atoms with Crippen molar-refractivity contribution >= 4 is 11.6 Å². The zero-order valence-electron chi connectivity index (χ0n) is 11.5. The first-order valence-corrected chi connectivity index (χ1v) is 7.12. The first-order chi connectivity index (χ1) is 8.95. The van der Waals surface area contributed by atoms with E-state index >= 15 is 0 Å². The highest BCUT2D eigenvalue weighted by molar-refractivity contribution is 6.30. The van der Waals surface area contributed by atoms with Crippen LogP contribution in [0.25, 0.3) is 0 Å². The van der Waals surface area contributed by atoms with E-state index in [1.807, 2.05) is 20.2 Å². The fourth-order valence-electron chi connectivity index (χ4n) is 3.20. The molecule has 2 atom stereocenters. The van der Waals surface area contributed by atoms with Crippen molar-refractivity contribution in [2.24, 2.45) is 0 Å². The smallest absolute Gasteiger partial charge is 0.142 e. The molecule has 0 bridgehead atoms. The van der Waals surface area contributed by atoms with Crippen molar-refractivity contribution in [1.82, 2.24) is 4.90 Å². The molecule has 0 heterocycles. The maximum absolute atomic E-state index is 13.7. The van der Waals surface area contributed by atoms with Crippen molar-refractivity contribution in [1.29, 1.82) is 0 Å². The van der Waals surface area contributed by atoms with E-state index in [4.69, 9.17) is 11.6 Å². The van der Waals surface area contributed by atoms with Gasteiger partial charge in [-0.25, -0.2) is 4.39 Å². The van der Waals surface area contributed by atoms with Crippen LogP contribution in [0.1, 0.15) is 31.2 Å². The third kappa shape index (κ3) is 2.93. The lowest BCUT2D eigenvalue weighted by molar-refractivity contribution is 0.0263. The quantitative estimate of drug-likeness (QED) is 0.922. The standard InChI is InChI=1S/C15H21ClFNO/c1-18(2)10-15(8-4-3-5-14(15)19)11-6-7-12(16)13(17)9-11/h6-7,9,14,19H,3-5,8,10H2,1-2H3/t14-,15-/m0/s1. The Kier molecular flexibility index (Phi) is 4.49. The average molecular weight is 286 g/mol. The number of halogens is 2. The lowest BCUT2D eigenvalue weighted by atomic mass is 9.67. The number of aliphatic hydroxyl groups is 1. The van der Waals surface area contributed by atoms with Crippen molar-refractivity contribution in [3.05, 3.63) is 34.6 Å². The maximum atomic E-state index is 13.7. The summed E-state index contributed by atoms with van der Waals surface area (Å²) in [5, 5.41) is 10.6. The van der Waals surface area contributed by atoms with Gasteiger partial charge in [0, 0.05) is 12.0 Å². The van der Waals surface area contributed by atoms with Crippen LogP contribution in [0.2, 0.25) is 5.02 Å². The summed E-state index contributed by atoms with van der Waals surface area (Å²) in [4.78, 5) is 2.06. The van der Waals surface area contributed by atoms with Gasteiger partial charge in [0.15, 0.2) is 0 Å². The number of aliphatic hydroxyl groups excluding tert-OH is 1. The van der Waals surface area contributed by atoms with Gasteiger partial charge in [0.25, 0.3) is 0 Å². The zero-order valence-corrected chi connectivity index (χ0v) is 12.3. The molecule has 1 aromatic rings. The molecule has 1 aliphatic rings. The minimum Gasteiger partial charge on any atom is -0.392 e. The summed E-state index contributed by atoms with van der Waals surface area (Å²) >= 11 is 5.76. The van der Waals surface area contributed by atoms with Gasteiger partial charge in [0.05, 0.1) is 11.1 Å². The Morgan fingerprint density at radius 1 is 1.42 bits per heavy atom. The van der Waals surface area contributed by atoms with Crippen LogP contribution in [0.4, 0.5) is 4.39 Å². The molecule has 2 rings (SSSR count). The molecule has 0 aliphatic heterocycles. The van der Waals surface area contributed by atoms with Crippen LogP contribution >= 0.6 is 11.6 Å². The van der Waals surface area contributed by atoms with Crippen molar-refractivity contribution in [3.63, 3.8) is 0 Å². The summed E-state index contributed by atoms with van der Waals surface area (Å²) < 4.78 is 13.7. The van der Waals surface area contributed by atoms with E-state index in [2.05, 4.69) is 4.90 Å². The Hall–Kier alpha value is -0.640. The summed E-state index contributed by atoms with van der Waals surface area (Å²) in [5.41, 5.74) is 0.475. The van der Waals surface area contributed by atoms with Crippen LogP contribution in [0.15, 0.2) is 18.2 Å². The van der Waals surface area contributed by atoms with Gasteiger partial charge in [-0.05, 0) is 44.6 Å². The Bertz CT molecular complexity index is 452. The largest absolute Gasteiger partial charge is 0.392 e. The summed E-state index contributed by atoms with van der Waals surface area (Å²) in [6.45, 7) is 0.717. The van der Waals surface area contributed by atoms with Crippen LogP contribution in [-0.2, 0) is 5.41 Å². The Morgan fingerprint density at radius 3 is 2.74 bits per heavy atom. The van der Waals surface area contributed by atoms with Gasteiger partial charge in [-0.15, -0.1) is 0 Å². The molecule has 0 radical (unpaired) electrons. The Labute approximate surface area is 119 Å². The maximum Gasteiger partial charge on any atom is 0.142 e. The molecule has 106 valence electrons. The second kappa shape index (κ2) is 5.78. The van der Waals surface area contributed by atoms with Crippen molar-refractivity contribution in [2.75, 3.05) is 20.6 Å². The SMILES string of the molecule is CN(C)C[C@]1(c2ccc(Cl)c(F)c2)CCCC[C@@H]1O. The molecule has 0 amide bonds. The van der Waals surface area contributed by atoms with Crippen molar-refractivity contribution in [3.8, 4) is 0 Å². The minimum atomic E-state index is -0.427. The highest BCUT2D eigenvalue weighted by atomic mass is 35.5. The molecule has 0 aromatic heterocycles. The normalized spacial score (nSPS) is 27.8. The Balaban J connectivity index is 2.43. The summed E-state index contributed by atoms with van der Waals surface area (Å²) in [6, 6.07) is 4.93. The third-order valence-corrected chi connectivity index (χ3v) is 4.39. The van der Waals surface area contributed by atoms with Gasteiger partial charge in [-0.2, -0.15) is 0 Å². The van der Waals surface area contributed by atoms with Crippen molar-refractivity contribution < 1.29 is 9.50 Å². The highest BCUT2D eigenvalue weighted by Crippen LogP contribution is 2.41. The molecule has 1 aromatic carbocycles. The van der Waals surface area contributed by atoms with Crippen LogP contribution in [0.5, 0.6) is 0 Å². The van der Waals surface area contributed by atoms with Gasteiger partial charge in [0.2, 0.25) is 0 Å². The summed E-state index contributed by atoms with van der Waals surface area (Å²) in [6.07, 6.45) is 3.33. The van der Waals surface area contributed by atoms with Gasteiger partial charge >= 0.3 is 0 Å². The van der Waals surface area contributed by atoms with Crippen LogP contribution in [-0.4, -0.2) is 36.8 Å². The molecule has 2 nitrogen and oxygen atoms in total. The second-order valence-electron chi connectivity index (χ2n) is 5.78. The molecule has 0 saturated heterocycles. The Morgan fingerprint density at radius 2 is 2.16 bits per heavy atom. The molecule has 1 N–H and O–H groups in total. The number of likely N-dealkylation sites (N-methyl/N-ethyl adjacent to an activating group) is 1. The predicted molar refractivity (Wildman–Crippen MR) is 76.1 cm³/mol. The van der Waals surface area contributed by atoms with Gasteiger partial charge in [0.1, 0.15) is 5.82 Å². The van der Waals surface area contributed by atoms with Gasteiger partial charge in [-0.3, -0.25) is 0 Å².